The van der Waals surface area contributed by atoms with Gasteiger partial charge in [0.2, 0.25) is 0 Å². The quantitative estimate of drug-likeness (QED) is 0.155. The van der Waals surface area contributed by atoms with E-state index >= 15 is 0 Å². The Morgan fingerprint density at radius 2 is 0.440 bits per heavy atom. The van der Waals surface area contributed by atoms with Gasteiger partial charge in [0, 0.05) is 34.1 Å². The van der Waals surface area contributed by atoms with Gasteiger partial charge < -0.3 is 9.80 Å². The van der Waals surface area contributed by atoms with E-state index in [0.717, 1.165) is 45.3 Å². The highest BCUT2D eigenvalue weighted by molar-refractivity contribution is 5.83. The van der Waals surface area contributed by atoms with Crippen molar-refractivity contribution in [3.05, 3.63) is 218 Å². The summed E-state index contributed by atoms with van der Waals surface area (Å²) in [4.78, 5) is 4.63. The minimum absolute atomic E-state index is 1.10. The van der Waals surface area contributed by atoms with Crippen LogP contribution in [0.15, 0.2) is 218 Å². The Kier molecular flexibility index (Phi) is 8.73. The van der Waals surface area contributed by atoms with E-state index in [1.807, 2.05) is 0 Å². The molecule has 0 aliphatic heterocycles. The van der Waals surface area contributed by atoms with Crippen molar-refractivity contribution in [1.82, 2.24) is 0 Å². The summed E-state index contributed by atoms with van der Waals surface area (Å²) in [6.07, 6.45) is 0. The average Bonchev–Trinajstić information content (AvgIpc) is 3.21. The molecule has 238 valence electrons. The predicted molar refractivity (Wildman–Crippen MR) is 212 cm³/mol. The number of benzene rings is 8. The van der Waals surface area contributed by atoms with Crippen LogP contribution >= 0.6 is 0 Å². The van der Waals surface area contributed by atoms with Crippen LogP contribution in [0.4, 0.5) is 34.1 Å². The molecule has 2 nitrogen and oxygen atoms in total. The molecule has 0 saturated heterocycles. The average molecular weight is 641 g/mol. The van der Waals surface area contributed by atoms with Gasteiger partial charge in [0.15, 0.2) is 0 Å². The summed E-state index contributed by atoms with van der Waals surface area (Å²) in [5, 5.41) is 0. The fourth-order valence-electron chi connectivity index (χ4n) is 6.54. The van der Waals surface area contributed by atoms with Gasteiger partial charge in [-0.2, -0.15) is 0 Å². The molecule has 0 aliphatic carbocycles. The lowest BCUT2D eigenvalue weighted by Gasteiger charge is -2.27. The van der Waals surface area contributed by atoms with Gasteiger partial charge in [-0.1, -0.05) is 146 Å². The van der Waals surface area contributed by atoms with E-state index in [2.05, 4.69) is 228 Å². The molecule has 8 rings (SSSR count). The molecule has 0 N–H and O–H groups in total. The number of nitrogens with zero attached hydrogens (tertiary/aromatic N) is 2. The maximum atomic E-state index is 2.32. The van der Waals surface area contributed by atoms with Crippen LogP contribution in [0.3, 0.4) is 0 Å². The zero-order valence-corrected chi connectivity index (χ0v) is 27.7. The Hall–Kier alpha value is -6.64. The minimum Gasteiger partial charge on any atom is -0.311 e. The van der Waals surface area contributed by atoms with E-state index in [-0.39, 0.29) is 0 Å². The highest BCUT2D eigenvalue weighted by Gasteiger charge is 2.15. The minimum atomic E-state index is 1.10. The Labute approximate surface area is 294 Å². The standard InChI is InChI=1S/C48H36N2/c1-5-14-37(15-6-1)39-24-30-45(31-25-39)49(43-19-9-3-10-20-43)46-34-28-41(29-35-46)42-18-13-23-48(36-42)50(44-21-11-4-12-22-44)47-32-26-40(27-33-47)38-16-7-2-8-17-38/h1-36H. The van der Waals surface area contributed by atoms with E-state index in [1.165, 1.54) is 22.3 Å². The van der Waals surface area contributed by atoms with Gasteiger partial charge in [-0.3, -0.25) is 0 Å². The Morgan fingerprint density at radius 1 is 0.180 bits per heavy atom. The molecule has 0 atom stereocenters. The molecule has 8 aromatic rings. The Balaban J connectivity index is 1.12. The number of rotatable bonds is 9. The highest BCUT2D eigenvalue weighted by Crippen LogP contribution is 2.39. The molecule has 0 aromatic heterocycles. The number of para-hydroxylation sites is 2. The van der Waals surface area contributed by atoms with Crippen molar-refractivity contribution in [3.8, 4) is 33.4 Å². The maximum Gasteiger partial charge on any atom is 0.0467 e. The summed E-state index contributed by atoms with van der Waals surface area (Å²) in [5.74, 6) is 0. The second kappa shape index (κ2) is 14.2. The van der Waals surface area contributed by atoms with Gasteiger partial charge in [-0.15, -0.1) is 0 Å². The summed E-state index contributed by atoms with van der Waals surface area (Å²) < 4.78 is 0. The van der Waals surface area contributed by atoms with Crippen LogP contribution < -0.4 is 9.80 Å². The van der Waals surface area contributed by atoms with Gasteiger partial charge >= 0.3 is 0 Å². The van der Waals surface area contributed by atoms with Crippen molar-refractivity contribution in [3.63, 3.8) is 0 Å². The number of hydrogen-bond donors (Lipinski definition) is 0. The second-order valence-corrected chi connectivity index (χ2v) is 12.3. The molecular formula is C48H36N2. The lowest BCUT2D eigenvalue weighted by molar-refractivity contribution is 1.28. The van der Waals surface area contributed by atoms with Crippen LogP contribution in [0.1, 0.15) is 0 Å². The molecule has 0 fully saturated rings. The van der Waals surface area contributed by atoms with E-state index < -0.39 is 0 Å². The molecule has 0 bridgehead atoms. The van der Waals surface area contributed by atoms with Crippen LogP contribution in [0.5, 0.6) is 0 Å². The molecule has 0 spiro atoms. The SMILES string of the molecule is c1ccc(-c2ccc(N(c3ccccc3)c3ccc(-c4cccc(N(c5ccccc5)c5ccc(-c6ccccc6)cc5)c4)cc3)cc2)cc1. The van der Waals surface area contributed by atoms with E-state index in [4.69, 9.17) is 0 Å². The molecule has 0 amide bonds. The molecule has 0 unspecified atom stereocenters. The summed E-state index contributed by atoms with van der Waals surface area (Å²) >= 11 is 0. The Bertz CT molecular complexity index is 2270. The molecule has 0 radical (unpaired) electrons. The van der Waals surface area contributed by atoms with E-state index in [1.54, 1.807) is 0 Å². The first-order valence-corrected chi connectivity index (χ1v) is 17.0. The largest absolute Gasteiger partial charge is 0.311 e. The van der Waals surface area contributed by atoms with Crippen LogP contribution in [0, 0.1) is 0 Å². The molecule has 0 aliphatic rings. The zero-order chi connectivity index (χ0) is 33.5. The smallest absolute Gasteiger partial charge is 0.0467 e. The van der Waals surface area contributed by atoms with Crippen molar-refractivity contribution in [2.75, 3.05) is 9.80 Å². The molecule has 50 heavy (non-hydrogen) atoms. The lowest BCUT2D eigenvalue weighted by Crippen LogP contribution is -2.10. The molecule has 8 aromatic carbocycles. The molecule has 0 saturated carbocycles. The van der Waals surface area contributed by atoms with Crippen molar-refractivity contribution in [1.29, 1.82) is 0 Å². The molecule has 2 heteroatoms. The van der Waals surface area contributed by atoms with Crippen molar-refractivity contribution >= 4 is 34.1 Å². The Morgan fingerprint density at radius 3 is 0.840 bits per heavy atom. The van der Waals surface area contributed by atoms with Gasteiger partial charge in [0.1, 0.15) is 0 Å². The zero-order valence-electron chi connectivity index (χ0n) is 27.7. The predicted octanol–water partition coefficient (Wildman–Crippen LogP) is 13.6. The van der Waals surface area contributed by atoms with Gasteiger partial charge in [-0.25, -0.2) is 0 Å². The van der Waals surface area contributed by atoms with Gasteiger partial charge in [0.25, 0.3) is 0 Å². The first kappa shape index (κ1) is 30.7. The van der Waals surface area contributed by atoms with Crippen molar-refractivity contribution in [2.24, 2.45) is 0 Å². The number of anilines is 6. The summed E-state index contributed by atoms with van der Waals surface area (Å²) in [5.41, 5.74) is 13.8. The lowest BCUT2D eigenvalue weighted by atomic mass is 10.0. The van der Waals surface area contributed by atoms with E-state index in [0.29, 0.717) is 0 Å². The molecular weight excluding hydrogens is 605 g/mol. The molecule has 0 heterocycles. The topological polar surface area (TPSA) is 6.48 Å². The summed E-state index contributed by atoms with van der Waals surface area (Å²) in [6.45, 7) is 0. The van der Waals surface area contributed by atoms with Crippen LogP contribution in [-0.4, -0.2) is 0 Å². The van der Waals surface area contributed by atoms with Gasteiger partial charge in [-0.05, 0) is 106 Å². The van der Waals surface area contributed by atoms with Crippen molar-refractivity contribution in [2.45, 2.75) is 0 Å². The van der Waals surface area contributed by atoms with Crippen LogP contribution in [0.25, 0.3) is 33.4 Å². The summed E-state index contributed by atoms with van der Waals surface area (Å²) in [7, 11) is 0. The van der Waals surface area contributed by atoms with Crippen LogP contribution in [0.2, 0.25) is 0 Å². The van der Waals surface area contributed by atoms with Crippen molar-refractivity contribution < 1.29 is 0 Å². The number of hydrogen-bond acceptors (Lipinski definition) is 2. The van der Waals surface area contributed by atoms with E-state index in [9.17, 15) is 0 Å². The fourth-order valence-corrected chi connectivity index (χ4v) is 6.54. The fraction of sp³-hybridized carbons (Fsp3) is 0. The normalized spacial score (nSPS) is 10.8. The third-order valence-electron chi connectivity index (χ3n) is 9.06. The maximum absolute atomic E-state index is 2.32. The first-order chi connectivity index (χ1) is 24.8. The van der Waals surface area contributed by atoms with Gasteiger partial charge in [0.05, 0.1) is 0 Å². The third-order valence-corrected chi connectivity index (χ3v) is 9.06. The third kappa shape index (κ3) is 6.56. The van der Waals surface area contributed by atoms with Crippen LogP contribution in [-0.2, 0) is 0 Å². The highest BCUT2D eigenvalue weighted by atomic mass is 15.1. The summed E-state index contributed by atoms with van der Waals surface area (Å²) in [6, 6.07) is 77.5. The second-order valence-electron chi connectivity index (χ2n) is 12.3. The monoisotopic (exact) mass is 640 g/mol. The first-order valence-electron chi connectivity index (χ1n) is 17.0.